The van der Waals surface area contributed by atoms with E-state index in [4.69, 9.17) is 5.73 Å². The Kier molecular flexibility index (Phi) is 2.91. The fourth-order valence-corrected chi connectivity index (χ4v) is 3.12. The van der Waals surface area contributed by atoms with Crippen LogP contribution in [0.4, 0.5) is 4.79 Å². The molecule has 2 atom stereocenters. The van der Waals surface area contributed by atoms with Gasteiger partial charge >= 0.3 is 6.03 Å². The average molecular weight is 223 g/mol. The van der Waals surface area contributed by atoms with Crippen molar-refractivity contribution in [3.8, 4) is 0 Å². The minimum atomic E-state index is -0.311. The molecule has 1 aliphatic carbocycles. The van der Waals surface area contributed by atoms with Gasteiger partial charge in [-0.2, -0.15) is 4.99 Å². The van der Waals surface area contributed by atoms with E-state index < -0.39 is 0 Å². The Bertz CT molecular complexity index is 324. The number of nitrogens with zero attached hydrogens (tertiary/aromatic N) is 1. The topological polar surface area (TPSA) is 67.5 Å². The molecule has 1 fully saturated rings. The molecule has 90 valence electrons. The van der Waals surface area contributed by atoms with Crippen molar-refractivity contribution in [2.75, 3.05) is 0 Å². The molecule has 1 spiro atoms. The highest BCUT2D eigenvalue weighted by atomic mass is 16.2. The molecule has 0 aromatic heterocycles. The zero-order valence-electron chi connectivity index (χ0n) is 10.1. The molecule has 4 heteroatoms. The van der Waals surface area contributed by atoms with Gasteiger partial charge in [-0.05, 0) is 31.1 Å². The highest BCUT2D eigenvalue weighted by Crippen LogP contribution is 2.37. The molecule has 4 nitrogen and oxygen atoms in total. The lowest BCUT2D eigenvalue weighted by Crippen LogP contribution is -2.54. The highest BCUT2D eigenvalue weighted by Gasteiger charge is 2.44. The Morgan fingerprint density at radius 1 is 1.62 bits per heavy atom. The molecule has 0 radical (unpaired) electrons. The van der Waals surface area contributed by atoms with Crippen LogP contribution in [0.5, 0.6) is 0 Å². The normalized spacial score (nSPS) is 34.3. The molecule has 2 rings (SSSR count). The van der Waals surface area contributed by atoms with E-state index in [2.05, 4.69) is 24.2 Å². The van der Waals surface area contributed by atoms with E-state index in [9.17, 15) is 4.79 Å². The summed E-state index contributed by atoms with van der Waals surface area (Å²) < 4.78 is 0. The van der Waals surface area contributed by atoms with Crippen molar-refractivity contribution in [2.45, 2.75) is 51.5 Å². The van der Waals surface area contributed by atoms with E-state index in [0.29, 0.717) is 17.7 Å². The van der Waals surface area contributed by atoms with Crippen LogP contribution in [0.1, 0.15) is 46.0 Å². The van der Waals surface area contributed by atoms with Gasteiger partial charge in [-0.1, -0.05) is 26.7 Å². The lowest BCUT2D eigenvalue weighted by molar-refractivity contribution is 0.213. The molecule has 3 N–H and O–H groups in total. The van der Waals surface area contributed by atoms with Crippen LogP contribution in [0.25, 0.3) is 0 Å². The minimum absolute atomic E-state index is 0.261. The van der Waals surface area contributed by atoms with E-state index in [1.807, 2.05) is 0 Å². The number of hydrogen-bond acceptors (Lipinski definition) is 2. The lowest BCUT2D eigenvalue weighted by atomic mass is 9.73. The Labute approximate surface area is 96.7 Å². The van der Waals surface area contributed by atoms with E-state index >= 15 is 0 Å². The van der Waals surface area contributed by atoms with Crippen molar-refractivity contribution in [2.24, 2.45) is 22.6 Å². The molecule has 0 bridgehead atoms. The Morgan fingerprint density at radius 2 is 2.38 bits per heavy atom. The molecule has 1 heterocycles. The molecular weight excluding hydrogens is 202 g/mol. The van der Waals surface area contributed by atoms with Crippen molar-refractivity contribution in [1.82, 2.24) is 5.32 Å². The van der Waals surface area contributed by atoms with E-state index in [-0.39, 0.29) is 11.6 Å². The van der Waals surface area contributed by atoms with E-state index in [1.54, 1.807) is 0 Å². The summed E-state index contributed by atoms with van der Waals surface area (Å²) in [6.45, 7) is 4.48. The molecular formula is C12H21N3O. The first-order chi connectivity index (χ1) is 7.52. The first kappa shape index (κ1) is 11.4. The van der Waals surface area contributed by atoms with Crippen molar-refractivity contribution < 1.29 is 4.79 Å². The maximum atomic E-state index is 11.3. The molecule has 1 saturated carbocycles. The number of aliphatic imine (C=N–C) groups is 1. The van der Waals surface area contributed by atoms with Crippen molar-refractivity contribution >= 4 is 11.9 Å². The van der Waals surface area contributed by atoms with Gasteiger partial charge in [0.2, 0.25) is 0 Å². The molecule has 16 heavy (non-hydrogen) atoms. The SMILES string of the molecule is CC(C)CC1CCCC2(C1)NC(=O)N=C2N. The third kappa shape index (κ3) is 2.06. The Balaban J connectivity index is 2.07. The molecule has 0 aromatic carbocycles. The van der Waals surface area contributed by atoms with Crippen molar-refractivity contribution in [3.05, 3.63) is 0 Å². The summed E-state index contributed by atoms with van der Waals surface area (Å²) in [5.41, 5.74) is 5.58. The van der Waals surface area contributed by atoms with Crippen LogP contribution in [0.3, 0.4) is 0 Å². The van der Waals surface area contributed by atoms with Gasteiger partial charge in [0.1, 0.15) is 5.84 Å². The second-order valence-corrected chi connectivity index (χ2v) is 5.60. The molecule has 2 amide bonds. The molecule has 1 aliphatic heterocycles. The second-order valence-electron chi connectivity index (χ2n) is 5.60. The smallest absolute Gasteiger partial charge is 0.343 e. The van der Waals surface area contributed by atoms with E-state index in [1.165, 1.54) is 12.8 Å². The second kappa shape index (κ2) is 4.07. The standard InChI is InChI=1S/C12H21N3O/c1-8(2)6-9-4-3-5-12(7-9)10(13)14-11(16)15-12/h8-9H,3-7H2,1-2H3,(H3,13,14,15,16). The predicted molar refractivity (Wildman–Crippen MR) is 64.3 cm³/mol. The van der Waals surface area contributed by atoms with Crippen LogP contribution in [0.2, 0.25) is 0 Å². The number of nitrogens with two attached hydrogens (primary N) is 1. The molecule has 0 aromatic rings. The van der Waals surface area contributed by atoms with Gasteiger partial charge in [0.25, 0.3) is 0 Å². The number of amides is 2. The molecule has 2 unspecified atom stereocenters. The summed E-state index contributed by atoms with van der Waals surface area (Å²) >= 11 is 0. The molecule has 2 aliphatic rings. The Morgan fingerprint density at radius 3 is 2.94 bits per heavy atom. The monoisotopic (exact) mass is 223 g/mol. The van der Waals surface area contributed by atoms with Gasteiger partial charge in [-0.3, -0.25) is 0 Å². The third-order valence-electron chi connectivity index (χ3n) is 3.72. The van der Waals surface area contributed by atoms with Gasteiger partial charge in [0, 0.05) is 0 Å². The number of carbonyl (C=O) groups is 1. The number of amidine groups is 1. The van der Waals surface area contributed by atoms with Gasteiger partial charge in [-0.15, -0.1) is 0 Å². The zero-order chi connectivity index (χ0) is 11.8. The van der Waals surface area contributed by atoms with E-state index in [0.717, 1.165) is 19.3 Å². The number of nitrogens with one attached hydrogen (secondary N) is 1. The largest absolute Gasteiger partial charge is 0.385 e. The van der Waals surface area contributed by atoms with Gasteiger partial charge in [0.15, 0.2) is 0 Å². The first-order valence-corrected chi connectivity index (χ1v) is 6.18. The van der Waals surface area contributed by atoms with Gasteiger partial charge < -0.3 is 11.1 Å². The fourth-order valence-electron chi connectivity index (χ4n) is 3.12. The third-order valence-corrected chi connectivity index (χ3v) is 3.72. The van der Waals surface area contributed by atoms with Crippen LogP contribution < -0.4 is 11.1 Å². The zero-order valence-corrected chi connectivity index (χ0v) is 10.1. The van der Waals surface area contributed by atoms with Crippen LogP contribution in [-0.4, -0.2) is 17.4 Å². The summed E-state index contributed by atoms with van der Waals surface area (Å²) in [4.78, 5) is 15.1. The van der Waals surface area contributed by atoms with Crippen LogP contribution >= 0.6 is 0 Å². The number of carbonyl (C=O) groups excluding carboxylic acids is 1. The number of rotatable bonds is 2. The summed E-state index contributed by atoms with van der Waals surface area (Å²) in [6.07, 6.45) is 5.51. The van der Waals surface area contributed by atoms with Crippen molar-refractivity contribution in [1.29, 1.82) is 0 Å². The maximum absolute atomic E-state index is 11.3. The predicted octanol–water partition coefficient (Wildman–Crippen LogP) is 2.04. The number of hydrogen-bond donors (Lipinski definition) is 2. The summed E-state index contributed by atoms with van der Waals surface area (Å²) in [5, 5.41) is 2.95. The number of urea groups is 1. The van der Waals surface area contributed by atoms with Crippen LogP contribution in [-0.2, 0) is 0 Å². The molecule has 0 saturated heterocycles. The summed E-state index contributed by atoms with van der Waals surface area (Å²) in [6, 6.07) is -0.261. The summed E-state index contributed by atoms with van der Waals surface area (Å²) in [7, 11) is 0. The van der Waals surface area contributed by atoms with Crippen molar-refractivity contribution in [3.63, 3.8) is 0 Å². The Hall–Kier alpha value is -1.06. The van der Waals surface area contributed by atoms with Gasteiger partial charge in [-0.25, -0.2) is 4.79 Å². The van der Waals surface area contributed by atoms with Crippen LogP contribution in [0, 0.1) is 11.8 Å². The first-order valence-electron chi connectivity index (χ1n) is 6.18. The maximum Gasteiger partial charge on any atom is 0.343 e. The van der Waals surface area contributed by atoms with Gasteiger partial charge in [0.05, 0.1) is 5.54 Å². The lowest BCUT2D eigenvalue weighted by Gasteiger charge is -2.38. The fraction of sp³-hybridized carbons (Fsp3) is 0.833. The van der Waals surface area contributed by atoms with Crippen LogP contribution in [0.15, 0.2) is 4.99 Å². The quantitative estimate of drug-likeness (QED) is 0.752. The minimum Gasteiger partial charge on any atom is -0.385 e. The highest BCUT2D eigenvalue weighted by molar-refractivity contribution is 6.05. The average Bonchev–Trinajstić information content (AvgIpc) is 2.40. The summed E-state index contributed by atoms with van der Waals surface area (Å²) in [5.74, 6) is 1.88.